The summed E-state index contributed by atoms with van der Waals surface area (Å²) < 4.78 is 11.0. The smallest absolute Gasteiger partial charge is 0.249 e. The number of halogens is 1. The van der Waals surface area contributed by atoms with Gasteiger partial charge in [-0.15, -0.1) is 0 Å². The van der Waals surface area contributed by atoms with E-state index in [1.807, 2.05) is 31.3 Å². The van der Waals surface area contributed by atoms with Gasteiger partial charge in [0.15, 0.2) is 0 Å². The Labute approximate surface area is 136 Å². The molecule has 122 valence electrons. The van der Waals surface area contributed by atoms with Gasteiger partial charge in [0.05, 0.1) is 18.8 Å². The maximum absolute atomic E-state index is 12.2. The van der Waals surface area contributed by atoms with E-state index in [-0.39, 0.29) is 18.1 Å². The number of ether oxygens (including phenoxy) is 2. The molecule has 1 aromatic rings. The van der Waals surface area contributed by atoms with Gasteiger partial charge in [0.25, 0.3) is 0 Å². The fourth-order valence-electron chi connectivity index (χ4n) is 2.45. The highest BCUT2D eigenvalue weighted by Crippen LogP contribution is 2.24. The number of carbonyl (C=O) groups is 1. The zero-order chi connectivity index (χ0) is 16.1. The maximum atomic E-state index is 12.2. The molecule has 0 spiro atoms. The fourth-order valence-corrected chi connectivity index (χ4v) is 2.58. The van der Waals surface area contributed by atoms with E-state index >= 15 is 0 Å². The second kappa shape index (κ2) is 7.92. The second-order valence-corrected chi connectivity index (χ2v) is 6.02. The van der Waals surface area contributed by atoms with Crippen LogP contribution in [0.1, 0.15) is 18.5 Å². The van der Waals surface area contributed by atoms with Crippen molar-refractivity contribution in [3.8, 4) is 0 Å². The minimum Gasteiger partial charge on any atom is -0.373 e. The Morgan fingerprint density at radius 2 is 2.14 bits per heavy atom. The molecule has 1 aromatic carbocycles. The Kier molecular flexibility index (Phi) is 6.20. The third-order valence-corrected chi connectivity index (χ3v) is 4.17. The van der Waals surface area contributed by atoms with Gasteiger partial charge < -0.3 is 19.7 Å². The number of hydrogen-bond donors (Lipinski definition) is 1. The molecule has 0 aromatic heterocycles. The van der Waals surface area contributed by atoms with E-state index in [9.17, 15) is 4.79 Å². The van der Waals surface area contributed by atoms with Gasteiger partial charge in [0.2, 0.25) is 5.91 Å². The van der Waals surface area contributed by atoms with Gasteiger partial charge in [-0.2, -0.15) is 0 Å². The quantitative estimate of drug-likeness (QED) is 0.897. The summed E-state index contributed by atoms with van der Waals surface area (Å²) in [5.74, 6) is -0.153. The number of nitrogens with zero attached hydrogens (tertiary/aromatic N) is 1. The Balaban J connectivity index is 2.19. The zero-order valence-electron chi connectivity index (χ0n) is 13.2. The SMILES string of the molecule is CO[C@H](C)C(=O)N[C@H](c1ccc(Cl)cc1)[C@H]1CN(C)CCO1. The Morgan fingerprint density at radius 3 is 2.73 bits per heavy atom. The lowest BCUT2D eigenvalue weighted by atomic mass is 9.99. The molecule has 0 saturated carbocycles. The summed E-state index contributed by atoms with van der Waals surface area (Å²) >= 11 is 5.96. The number of methoxy groups -OCH3 is 1. The van der Waals surface area contributed by atoms with Gasteiger partial charge in [0, 0.05) is 25.2 Å². The summed E-state index contributed by atoms with van der Waals surface area (Å²) in [7, 11) is 3.57. The first-order chi connectivity index (χ1) is 10.5. The van der Waals surface area contributed by atoms with Crippen molar-refractivity contribution < 1.29 is 14.3 Å². The molecule has 1 aliphatic rings. The molecule has 1 aliphatic heterocycles. The monoisotopic (exact) mass is 326 g/mol. The summed E-state index contributed by atoms with van der Waals surface area (Å²) in [5.41, 5.74) is 0.973. The van der Waals surface area contributed by atoms with Crippen LogP contribution < -0.4 is 5.32 Å². The highest BCUT2D eigenvalue weighted by atomic mass is 35.5. The molecule has 22 heavy (non-hydrogen) atoms. The Morgan fingerprint density at radius 1 is 1.45 bits per heavy atom. The summed E-state index contributed by atoms with van der Waals surface area (Å²) in [6.07, 6.45) is -0.607. The first kappa shape index (κ1) is 17.2. The maximum Gasteiger partial charge on any atom is 0.249 e. The van der Waals surface area contributed by atoms with Crippen LogP contribution in [0.2, 0.25) is 5.02 Å². The van der Waals surface area contributed by atoms with E-state index in [0.717, 1.165) is 18.7 Å². The van der Waals surface area contributed by atoms with Crippen LogP contribution in [-0.2, 0) is 14.3 Å². The lowest BCUT2D eigenvalue weighted by Crippen LogP contribution is -2.49. The van der Waals surface area contributed by atoms with E-state index in [2.05, 4.69) is 10.2 Å². The highest BCUT2D eigenvalue weighted by molar-refractivity contribution is 6.30. The van der Waals surface area contributed by atoms with Crippen LogP contribution in [0.4, 0.5) is 0 Å². The topological polar surface area (TPSA) is 50.8 Å². The number of morpholine rings is 1. The fraction of sp³-hybridized carbons (Fsp3) is 0.562. The predicted octanol–water partition coefficient (Wildman–Crippen LogP) is 1.86. The van der Waals surface area contributed by atoms with E-state index in [1.165, 1.54) is 7.11 Å². The van der Waals surface area contributed by atoms with Gasteiger partial charge in [0.1, 0.15) is 6.10 Å². The highest BCUT2D eigenvalue weighted by Gasteiger charge is 2.30. The molecule has 1 N–H and O–H groups in total. The predicted molar refractivity (Wildman–Crippen MR) is 86.0 cm³/mol. The zero-order valence-corrected chi connectivity index (χ0v) is 14.0. The van der Waals surface area contributed by atoms with Gasteiger partial charge in [-0.3, -0.25) is 4.79 Å². The van der Waals surface area contributed by atoms with Crippen LogP contribution in [0, 0.1) is 0 Å². The third-order valence-electron chi connectivity index (χ3n) is 3.92. The molecule has 1 heterocycles. The Bertz CT molecular complexity index is 495. The molecule has 0 unspecified atom stereocenters. The summed E-state index contributed by atoms with van der Waals surface area (Å²) in [5, 5.41) is 3.70. The molecule has 1 fully saturated rings. The van der Waals surface area contributed by atoms with E-state index in [0.29, 0.717) is 11.6 Å². The molecule has 0 bridgehead atoms. The lowest BCUT2D eigenvalue weighted by Gasteiger charge is -2.36. The van der Waals surface area contributed by atoms with Gasteiger partial charge in [-0.1, -0.05) is 23.7 Å². The minimum absolute atomic E-state index is 0.104. The van der Waals surface area contributed by atoms with Crippen LogP contribution in [-0.4, -0.2) is 56.9 Å². The van der Waals surface area contributed by atoms with Crippen molar-refractivity contribution in [2.75, 3.05) is 33.9 Å². The number of hydrogen-bond acceptors (Lipinski definition) is 4. The van der Waals surface area contributed by atoms with Crippen LogP contribution in [0.25, 0.3) is 0 Å². The minimum atomic E-state index is -0.504. The van der Waals surface area contributed by atoms with Crippen molar-refractivity contribution in [2.24, 2.45) is 0 Å². The van der Waals surface area contributed by atoms with Crippen molar-refractivity contribution in [3.05, 3.63) is 34.9 Å². The molecular formula is C16H23ClN2O3. The standard InChI is InChI=1S/C16H23ClN2O3/c1-11(21-3)16(20)18-15(12-4-6-13(17)7-5-12)14-10-19(2)8-9-22-14/h4-7,11,14-15H,8-10H2,1-3H3,(H,18,20)/t11-,14-,15-/m1/s1. The Hall–Kier alpha value is -1.14. The molecule has 2 rings (SSSR count). The third kappa shape index (κ3) is 4.43. The average Bonchev–Trinajstić information content (AvgIpc) is 2.52. The number of likely N-dealkylation sites (N-methyl/N-ethyl adjacent to an activating group) is 1. The summed E-state index contributed by atoms with van der Waals surface area (Å²) in [6.45, 7) is 4.03. The van der Waals surface area contributed by atoms with Crippen LogP contribution in [0.5, 0.6) is 0 Å². The molecular weight excluding hydrogens is 304 g/mol. The summed E-state index contributed by atoms with van der Waals surface area (Å²) in [6, 6.07) is 7.25. The van der Waals surface area contributed by atoms with Crippen molar-refractivity contribution in [1.82, 2.24) is 10.2 Å². The molecule has 5 nitrogen and oxygen atoms in total. The van der Waals surface area contributed by atoms with Crippen LogP contribution in [0.15, 0.2) is 24.3 Å². The van der Waals surface area contributed by atoms with Gasteiger partial charge in [-0.05, 0) is 31.7 Å². The number of carbonyl (C=O) groups excluding carboxylic acids is 1. The van der Waals surface area contributed by atoms with E-state index in [1.54, 1.807) is 6.92 Å². The van der Waals surface area contributed by atoms with E-state index < -0.39 is 6.10 Å². The number of benzene rings is 1. The van der Waals surface area contributed by atoms with Gasteiger partial charge >= 0.3 is 0 Å². The second-order valence-electron chi connectivity index (χ2n) is 5.59. The van der Waals surface area contributed by atoms with Gasteiger partial charge in [-0.25, -0.2) is 0 Å². The first-order valence-electron chi connectivity index (χ1n) is 7.40. The largest absolute Gasteiger partial charge is 0.373 e. The van der Waals surface area contributed by atoms with Crippen molar-refractivity contribution in [3.63, 3.8) is 0 Å². The molecule has 0 aliphatic carbocycles. The molecule has 6 heteroatoms. The van der Waals surface area contributed by atoms with Crippen LogP contribution in [0.3, 0.4) is 0 Å². The molecule has 1 saturated heterocycles. The molecule has 3 atom stereocenters. The van der Waals surface area contributed by atoms with Crippen molar-refractivity contribution >= 4 is 17.5 Å². The number of rotatable bonds is 5. The van der Waals surface area contributed by atoms with Crippen LogP contribution >= 0.6 is 11.6 Å². The molecule has 1 amide bonds. The lowest BCUT2D eigenvalue weighted by molar-refractivity contribution is -0.133. The average molecular weight is 327 g/mol. The number of nitrogens with one attached hydrogen (secondary N) is 1. The molecule has 0 radical (unpaired) electrons. The van der Waals surface area contributed by atoms with Crippen molar-refractivity contribution in [2.45, 2.75) is 25.2 Å². The summed E-state index contributed by atoms with van der Waals surface area (Å²) in [4.78, 5) is 14.4. The van der Waals surface area contributed by atoms with Crippen molar-refractivity contribution in [1.29, 1.82) is 0 Å². The number of amides is 1. The normalized spacial score (nSPS) is 22.1. The van der Waals surface area contributed by atoms with E-state index in [4.69, 9.17) is 21.1 Å². The first-order valence-corrected chi connectivity index (χ1v) is 7.78.